The normalized spacial score (nSPS) is 8.29. The summed E-state index contributed by atoms with van der Waals surface area (Å²) in [6.07, 6.45) is 0. The summed E-state index contributed by atoms with van der Waals surface area (Å²) in [4.78, 5) is 9.79. The van der Waals surface area contributed by atoms with Gasteiger partial charge < -0.3 is 4.74 Å². The molecule has 0 saturated carbocycles. The van der Waals surface area contributed by atoms with E-state index in [-0.39, 0.29) is 6.07 Å². The van der Waals surface area contributed by atoms with Gasteiger partial charge in [0.15, 0.2) is 12.7 Å². The maximum Gasteiger partial charge on any atom is 0.336 e. The third-order valence-corrected chi connectivity index (χ3v) is 0.443. The molecule has 0 aromatic rings. The second kappa shape index (κ2) is 3.89. The molecule has 0 unspecified atom stereocenters. The molecule has 0 amide bonds. The van der Waals surface area contributed by atoms with Crippen molar-refractivity contribution in [1.29, 1.82) is 0 Å². The van der Waals surface area contributed by atoms with Crippen molar-refractivity contribution >= 4 is 17.6 Å². The van der Waals surface area contributed by atoms with Crippen molar-refractivity contribution in [3.05, 3.63) is 0 Å². The molecule has 1 radical (unpaired) electrons. The zero-order valence-corrected chi connectivity index (χ0v) is 4.27. The topological polar surface area (TPSA) is 46.2 Å². The van der Waals surface area contributed by atoms with Crippen molar-refractivity contribution in [2.24, 2.45) is 0 Å². The molecule has 0 heterocycles. The van der Waals surface area contributed by atoms with Crippen molar-refractivity contribution < 1.29 is 14.6 Å². The molecule has 0 aromatic heterocycles. The molecule has 41 valence electrons. The lowest BCUT2D eigenvalue weighted by Crippen LogP contribution is -2.05. The van der Waals surface area contributed by atoms with E-state index in [1.54, 1.807) is 0 Å². The zero-order chi connectivity index (χ0) is 5.70. The van der Waals surface area contributed by atoms with Crippen LogP contribution in [0, 0.1) is 0 Å². The summed E-state index contributed by atoms with van der Waals surface area (Å²) in [7, 11) is 0. The van der Waals surface area contributed by atoms with Crippen molar-refractivity contribution in [3.63, 3.8) is 0 Å². The van der Waals surface area contributed by atoms with Gasteiger partial charge in [-0.2, -0.15) is 0 Å². The Hall–Kier alpha value is -0.280. The predicted octanol–water partition coefficient (Wildman–Crippen LogP) is 0.156. The van der Waals surface area contributed by atoms with Crippen LogP contribution in [0.3, 0.4) is 0 Å². The highest BCUT2D eigenvalue weighted by molar-refractivity contribution is 6.17. The number of esters is 1. The van der Waals surface area contributed by atoms with E-state index in [4.69, 9.17) is 11.6 Å². The van der Waals surface area contributed by atoms with E-state index >= 15 is 0 Å². The average Bonchev–Trinajstić information content (AvgIpc) is 1.68. The standard InChI is InChI=1S/C3H4ClO3/c4-2-7-3(6)1-5/h1-2H2. The molecule has 0 saturated heterocycles. The van der Waals surface area contributed by atoms with Crippen LogP contribution >= 0.6 is 11.6 Å². The van der Waals surface area contributed by atoms with Crippen LogP contribution in [0.5, 0.6) is 0 Å². The summed E-state index contributed by atoms with van der Waals surface area (Å²) >= 11 is 4.89. The van der Waals surface area contributed by atoms with Crippen molar-refractivity contribution in [3.8, 4) is 0 Å². The first-order valence-electron chi connectivity index (χ1n) is 1.61. The van der Waals surface area contributed by atoms with Gasteiger partial charge >= 0.3 is 5.97 Å². The first kappa shape index (κ1) is 6.72. The Kier molecular flexibility index (Phi) is 3.74. The monoisotopic (exact) mass is 123 g/mol. The second-order valence-corrected chi connectivity index (χ2v) is 0.988. The molecule has 0 aliphatic heterocycles. The second-order valence-electron chi connectivity index (χ2n) is 0.770. The summed E-state index contributed by atoms with van der Waals surface area (Å²) in [5, 5.41) is 9.49. The Labute approximate surface area is 45.8 Å². The average molecular weight is 124 g/mol. The zero-order valence-electron chi connectivity index (χ0n) is 3.52. The van der Waals surface area contributed by atoms with Gasteiger partial charge in [0.05, 0.1) is 0 Å². The van der Waals surface area contributed by atoms with Crippen LogP contribution in [0.4, 0.5) is 0 Å². The minimum Gasteiger partial charge on any atom is -0.448 e. The van der Waals surface area contributed by atoms with Crippen LogP contribution in [-0.2, 0) is 14.6 Å². The van der Waals surface area contributed by atoms with Crippen molar-refractivity contribution in [2.75, 3.05) is 12.7 Å². The van der Waals surface area contributed by atoms with Crippen molar-refractivity contribution in [2.45, 2.75) is 0 Å². The van der Waals surface area contributed by atoms with Gasteiger partial charge in [0.25, 0.3) is 0 Å². The smallest absolute Gasteiger partial charge is 0.336 e. The number of hydrogen-bond donors (Lipinski definition) is 0. The lowest BCUT2D eigenvalue weighted by atomic mass is 10.8. The summed E-state index contributed by atoms with van der Waals surface area (Å²) in [5.74, 6) is -0.810. The molecular weight excluding hydrogens is 119 g/mol. The molecule has 0 atom stereocenters. The Morgan fingerprint density at radius 1 is 1.71 bits per heavy atom. The number of alkyl halides is 1. The predicted molar refractivity (Wildman–Crippen MR) is 22.4 cm³/mol. The fourth-order valence-corrected chi connectivity index (χ4v) is 0.224. The number of carbonyl (C=O) groups excluding carboxylic acids is 1. The molecular formula is C3H4ClO3. The SMILES string of the molecule is [O]CC(=O)OCCl. The van der Waals surface area contributed by atoms with E-state index in [1.807, 2.05) is 0 Å². The maximum absolute atomic E-state index is 9.79. The Morgan fingerprint density at radius 2 is 2.29 bits per heavy atom. The number of halogens is 1. The van der Waals surface area contributed by atoms with Crippen LogP contribution in [0.25, 0.3) is 0 Å². The van der Waals surface area contributed by atoms with E-state index in [2.05, 4.69) is 4.74 Å². The van der Waals surface area contributed by atoms with E-state index in [0.29, 0.717) is 0 Å². The molecule has 0 N–H and O–H groups in total. The largest absolute Gasteiger partial charge is 0.448 e. The van der Waals surface area contributed by atoms with Crippen LogP contribution < -0.4 is 0 Å². The van der Waals surface area contributed by atoms with Gasteiger partial charge in [-0.3, -0.25) is 0 Å². The van der Waals surface area contributed by atoms with Crippen molar-refractivity contribution in [1.82, 2.24) is 0 Å². The highest BCUT2D eigenvalue weighted by atomic mass is 35.5. The first-order chi connectivity index (χ1) is 3.31. The number of hydrogen-bond acceptors (Lipinski definition) is 2. The summed E-state index contributed by atoms with van der Waals surface area (Å²) in [6, 6.07) is -0.235. The Balaban J connectivity index is 3.00. The number of carbonyl (C=O) groups is 1. The molecule has 0 aromatic carbocycles. The maximum atomic E-state index is 9.79. The number of rotatable bonds is 2. The Bertz CT molecular complexity index is 63.2. The highest BCUT2D eigenvalue weighted by Crippen LogP contribution is 1.78. The third kappa shape index (κ3) is 3.55. The molecule has 0 fully saturated rings. The molecule has 0 spiro atoms. The molecule has 0 aliphatic carbocycles. The van der Waals surface area contributed by atoms with E-state index in [0.717, 1.165) is 0 Å². The minimum absolute atomic E-state index is 0.235. The Morgan fingerprint density at radius 3 is 2.43 bits per heavy atom. The number of ether oxygens (including phenoxy) is 1. The van der Waals surface area contributed by atoms with Gasteiger partial charge in [-0.05, 0) is 0 Å². The molecule has 3 nitrogen and oxygen atoms in total. The van der Waals surface area contributed by atoms with Crippen LogP contribution in [-0.4, -0.2) is 18.6 Å². The van der Waals surface area contributed by atoms with Gasteiger partial charge in [-0.25, -0.2) is 9.90 Å². The van der Waals surface area contributed by atoms with Crippen LogP contribution in [0.15, 0.2) is 0 Å². The molecule has 0 bridgehead atoms. The fraction of sp³-hybridized carbons (Fsp3) is 0.667. The van der Waals surface area contributed by atoms with E-state index in [1.165, 1.54) is 0 Å². The minimum atomic E-state index is -0.854. The van der Waals surface area contributed by atoms with Gasteiger partial charge in [-0.1, -0.05) is 11.6 Å². The summed E-state index contributed by atoms with van der Waals surface area (Å²) in [5.41, 5.74) is 0. The summed E-state index contributed by atoms with van der Waals surface area (Å²) < 4.78 is 4.01. The first-order valence-corrected chi connectivity index (χ1v) is 2.14. The quantitative estimate of drug-likeness (QED) is 0.388. The summed E-state index contributed by atoms with van der Waals surface area (Å²) in [6.45, 7) is -0.854. The van der Waals surface area contributed by atoms with Gasteiger partial charge in [0, 0.05) is 0 Å². The van der Waals surface area contributed by atoms with Crippen LogP contribution in [0.2, 0.25) is 0 Å². The fourth-order valence-electron chi connectivity index (χ4n) is 0.103. The lowest BCUT2D eigenvalue weighted by Gasteiger charge is -1.90. The third-order valence-electron chi connectivity index (χ3n) is 0.333. The van der Waals surface area contributed by atoms with E-state index in [9.17, 15) is 9.90 Å². The van der Waals surface area contributed by atoms with Gasteiger partial charge in [0.1, 0.15) is 0 Å². The van der Waals surface area contributed by atoms with Crippen LogP contribution in [0.1, 0.15) is 0 Å². The molecule has 4 heteroatoms. The van der Waals surface area contributed by atoms with Gasteiger partial charge in [0.2, 0.25) is 0 Å². The lowest BCUT2D eigenvalue weighted by molar-refractivity contribution is -0.146. The molecule has 0 aliphatic rings. The molecule has 0 rings (SSSR count). The molecule has 7 heavy (non-hydrogen) atoms. The van der Waals surface area contributed by atoms with E-state index < -0.39 is 12.6 Å². The highest BCUT2D eigenvalue weighted by Gasteiger charge is 1.95. The van der Waals surface area contributed by atoms with Gasteiger partial charge in [-0.15, -0.1) is 0 Å².